The van der Waals surface area contributed by atoms with Gasteiger partial charge in [0.1, 0.15) is 11.6 Å². The predicted molar refractivity (Wildman–Crippen MR) is 48.4 cm³/mol. The number of halogens is 4. The molecule has 16 heavy (non-hydrogen) atoms. The normalized spacial score (nSPS) is 20.8. The summed E-state index contributed by atoms with van der Waals surface area (Å²) in [6.07, 6.45) is -3.90. The molecule has 0 heterocycles. The third-order valence-corrected chi connectivity index (χ3v) is 2.76. The monoisotopic (exact) mass is 232 g/mol. The van der Waals surface area contributed by atoms with Gasteiger partial charge in [0, 0.05) is 12.3 Å². The van der Waals surface area contributed by atoms with E-state index in [0.29, 0.717) is 18.9 Å². The Balaban J connectivity index is 2.48. The Morgan fingerprint density at radius 1 is 1.25 bits per heavy atom. The molecule has 1 nitrogen and oxygen atoms in total. The van der Waals surface area contributed by atoms with E-state index in [1.165, 1.54) is 0 Å². The molecule has 1 fully saturated rings. The number of ketones is 1. The number of alkyl halides is 3. The molecule has 0 N–H and O–H groups in total. The molecule has 1 aliphatic carbocycles. The van der Waals surface area contributed by atoms with Gasteiger partial charge in [0.15, 0.2) is 0 Å². The summed E-state index contributed by atoms with van der Waals surface area (Å²) >= 11 is 0. The van der Waals surface area contributed by atoms with Gasteiger partial charge in [-0.1, -0.05) is 6.07 Å². The summed E-state index contributed by atoms with van der Waals surface area (Å²) in [7, 11) is 0. The summed E-state index contributed by atoms with van der Waals surface area (Å²) < 4.78 is 50.6. The first-order chi connectivity index (χ1) is 7.39. The van der Waals surface area contributed by atoms with Crippen LogP contribution in [0.25, 0.3) is 0 Å². The van der Waals surface area contributed by atoms with E-state index in [1.54, 1.807) is 0 Å². The van der Waals surface area contributed by atoms with Crippen LogP contribution in [0.2, 0.25) is 0 Å². The Morgan fingerprint density at radius 3 is 2.38 bits per heavy atom. The zero-order valence-electron chi connectivity index (χ0n) is 8.14. The molecular formula is C11H8F4O. The van der Waals surface area contributed by atoms with Crippen LogP contribution in [0.3, 0.4) is 0 Å². The molecule has 1 aromatic carbocycles. The molecule has 1 atom stereocenters. The van der Waals surface area contributed by atoms with Gasteiger partial charge in [0.05, 0.1) is 5.56 Å². The minimum Gasteiger partial charge on any atom is -0.299 e. The third kappa shape index (κ3) is 1.81. The number of carbonyl (C=O) groups is 1. The van der Waals surface area contributed by atoms with Crippen LogP contribution in [0.1, 0.15) is 29.9 Å². The van der Waals surface area contributed by atoms with Crippen molar-refractivity contribution >= 4 is 5.78 Å². The van der Waals surface area contributed by atoms with E-state index in [4.69, 9.17) is 0 Å². The highest BCUT2D eigenvalue weighted by atomic mass is 19.4. The second-order valence-electron chi connectivity index (χ2n) is 3.79. The lowest BCUT2D eigenvalue weighted by molar-refractivity contribution is -0.139. The van der Waals surface area contributed by atoms with Gasteiger partial charge in [-0.2, -0.15) is 13.2 Å². The highest BCUT2D eigenvalue weighted by Gasteiger charge is 2.39. The molecule has 0 aromatic heterocycles. The maximum atomic E-state index is 12.8. The second-order valence-corrected chi connectivity index (χ2v) is 3.79. The second kappa shape index (κ2) is 3.57. The van der Waals surface area contributed by atoms with E-state index < -0.39 is 23.5 Å². The van der Waals surface area contributed by atoms with Gasteiger partial charge in [-0.3, -0.25) is 4.79 Å². The van der Waals surface area contributed by atoms with Crippen molar-refractivity contribution in [3.8, 4) is 0 Å². The van der Waals surface area contributed by atoms with Crippen molar-refractivity contribution in [2.45, 2.75) is 24.9 Å². The third-order valence-electron chi connectivity index (χ3n) is 2.76. The molecule has 1 aliphatic rings. The first-order valence-corrected chi connectivity index (χ1v) is 4.79. The lowest BCUT2D eigenvalue weighted by Crippen LogP contribution is -2.26. The van der Waals surface area contributed by atoms with E-state index in [1.807, 2.05) is 0 Å². The first-order valence-electron chi connectivity index (χ1n) is 4.79. The Kier molecular flexibility index (Phi) is 2.48. The van der Waals surface area contributed by atoms with Crippen molar-refractivity contribution in [2.24, 2.45) is 0 Å². The fourth-order valence-electron chi connectivity index (χ4n) is 1.81. The average molecular weight is 232 g/mol. The highest BCUT2D eigenvalue weighted by molar-refractivity contribution is 5.91. The van der Waals surface area contributed by atoms with E-state index in [9.17, 15) is 22.4 Å². The van der Waals surface area contributed by atoms with Crippen LogP contribution in [0.5, 0.6) is 0 Å². The van der Waals surface area contributed by atoms with Gasteiger partial charge in [-0.05, 0) is 24.1 Å². The molecule has 86 valence electrons. The molecule has 0 radical (unpaired) electrons. The fourth-order valence-corrected chi connectivity index (χ4v) is 1.81. The maximum absolute atomic E-state index is 12.8. The van der Waals surface area contributed by atoms with Gasteiger partial charge < -0.3 is 0 Å². The van der Waals surface area contributed by atoms with Crippen LogP contribution in [-0.2, 0) is 11.0 Å². The number of hydrogen-bond donors (Lipinski definition) is 0. The molecular weight excluding hydrogens is 224 g/mol. The standard InChI is InChI=1S/C11H8F4O/c12-6-1-2-7(8-3-4-10(8)16)9(5-6)11(13,14)15/h1-2,5,8H,3-4H2. The van der Waals surface area contributed by atoms with Gasteiger partial charge in [0.25, 0.3) is 0 Å². The Bertz CT molecular complexity index is 436. The highest BCUT2D eigenvalue weighted by Crippen LogP contribution is 2.41. The first kappa shape index (κ1) is 11.1. The number of carbonyl (C=O) groups excluding carboxylic acids is 1. The smallest absolute Gasteiger partial charge is 0.299 e. The van der Waals surface area contributed by atoms with Gasteiger partial charge in [0.2, 0.25) is 0 Å². The SMILES string of the molecule is O=C1CCC1c1ccc(F)cc1C(F)(F)F. The van der Waals surface area contributed by atoms with Crippen molar-refractivity contribution < 1.29 is 22.4 Å². The largest absolute Gasteiger partial charge is 0.416 e. The molecule has 0 bridgehead atoms. The molecule has 1 unspecified atom stereocenters. The fraction of sp³-hybridized carbons (Fsp3) is 0.364. The van der Waals surface area contributed by atoms with E-state index in [0.717, 1.165) is 12.1 Å². The average Bonchev–Trinajstić information content (AvgIpc) is 2.17. The Labute approximate surface area is 89.1 Å². The summed E-state index contributed by atoms with van der Waals surface area (Å²) in [5.74, 6) is -1.86. The van der Waals surface area contributed by atoms with Crippen molar-refractivity contribution in [1.82, 2.24) is 0 Å². The number of benzene rings is 1. The molecule has 0 spiro atoms. The molecule has 1 saturated carbocycles. The number of Topliss-reactive ketones (excluding diaryl/α,β-unsaturated/α-hetero) is 1. The molecule has 2 rings (SSSR count). The number of rotatable bonds is 1. The quantitative estimate of drug-likeness (QED) is 0.679. The zero-order chi connectivity index (χ0) is 11.9. The topological polar surface area (TPSA) is 17.1 Å². The lowest BCUT2D eigenvalue weighted by atomic mass is 9.77. The molecule has 0 aliphatic heterocycles. The lowest BCUT2D eigenvalue weighted by Gasteiger charge is -2.27. The van der Waals surface area contributed by atoms with Crippen LogP contribution in [-0.4, -0.2) is 5.78 Å². The minimum atomic E-state index is -4.62. The molecule has 5 heteroatoms. The van der Waals surface area contributed by atoms with Crippen molar-refractivity contribution in [2.75, 3.05) is 0 Å². The van der Waals surface area contributed by atoms with E-state index in [-0.39, 0.29) is 11.3 Å². The van der Waals surface area contributed by atoms with Gasteiger partial charge in [-0.15, -0.1) is 0 Å². The Morgan fingerprint density at radius 2 is 1.94 bits per heavy atom. The van der Waals surface area contributed by atoms with Crippen LogP contribution in [0.15, 0.2) is 18.2 Å². The summed E-state index contributed by atoms with van der Waals surface area (Å²) in [5, 5.41) is 0. The molecule has 0 saturated heterocycles. The van der Waals surface area contributed by atoms with Gasteiger partial charge in [-0.25, -0.2) is 4.39 Å². The van der Waals surface area contributed by atoms with Crippen LogP contribution in [0.4, 0.5) is 17.6 Å². The zero-order valence-corrected chi connectivity index (χ0v) is 8.14. The predicted octanol–water partition coefficient (Wildman–Crippen LogP) is 3.29. The summed E-state index contributed by atoms with van der Waals surface area (Å²) in [4.78, 5) is 11.1. The van der Waals surface area contributed by atoms with Crippen molar-refractivity contribution in [1.29, 1.82) is 0 Å². The van der Waals surface area contributed by atoms with Crippen molar-refractivity contribution in [3.05, 3.63) is 35.1 Å². The van der Waals surface area contributed by atoms with Crippen LogP contribution < -0.4 is 0 Å². The maximum Gasteiger partial charge on any atom is 0.416 e. The Hall–Kier alpha value is -1.39. The molecule has 1 aromatic rings. The summed E-state index contributed by atoms with van der Waals surface area (Å²) in [6.45, 7) is 0. The number of hydrogen-bond acceptors (Lipinski definition) is 1. The van der Waals surface area contributed by atoms with E-state index in [2.05, 4.69) is 0 Å². The summed E-state index contributed by atoms with van der Waals surface area (Å²) in [6, 6.07) is 2.46. The van der Waals surface area contributed by atoms with E-state index >= 15 is 0 Å². The van der Waals surface area contributed by atoms with Crippen LogP contribution in [0, 0.1) is 5.82 Å². The molecule has 0 amide bonds. The summed E-state index contributed by atoms with van der Waals surface area (Å²) in [5.41, 5.74) is -1.14. The van der Waals surface area contributed by atoms with Crippen molar-refractivity contribution in [3.63, 3.8) is 0 Å². The minimum absolute atomic E-state index is 0.106. The van der Waals surface area contributed by atoms with Crippen LogP contribution >= 0.6 is 0 Å². The van der Waals surface area contributed by atoms with Gasteiger partial charge >= 0.3 is 6.18 Å².